The fourth-order valence-electron chi connectivity index (χ4n) is 1.76. The highest BCUT2D eigenvalue weighted by Crippen LogP contribution is 2.27. The molecule has 2 aromatic carbocycles. The summed E-state index contributed by atoms with van der Waals surface area (Å²) in [6, 6.07) is 15.4. The first kappa shape index (κ1) is 11.4. The molecular weight excluding hydrogens is 212 g/mol. The second-order valence-electron chi connectivity index (χ2n) is 3.67. The van der Waals surface area contributed by atoms with E-state index < -0.39 is 0 Å². The molecule has 0 bridgehead atoms. The van der Waals surface area contributed by atoms with Gasteiger partial charge in [0.2, 0.25) is 0 Å². The Morgan fingerprint density at radius 1 is 1.12 bits per heavy atom. The maximum Gasteiger partial charge on any atom is 0.150 e. The van der Waals surface area contributed by atoms with Crippen LogP contribution in [0.25, 0.3) is 11.1 Å². The number of carbonyl (C=O) groups is 1. The van der Waals surface area contributed by atoms with Crippen LogP contribution in [0.1, 0.15) is 17.3 Å². The molecule has 0 heterocycles. The quantitative estimate of drug-likeness (QED) is 0.745. The van der Waals surface area contributed by atoms with Gasteiger partial charge in [-0.15, -0.1) is 0 Å². The molecule has 0 fully saturated rings. The zero-order valence-electron chi connectivity index (χ0n) is 9.72. The molecule has 2 rings (SSSR count). The minimum absolute atomic E-state index is 0.620. The van der Waals surface area contributed by atoms with Crippen molar-refractivity contribution in [3.63, 3.8) is 0 Å². The van der Waals surface area contributed by atoms with Crippen LogP contribution in [0, 0.1) is 0 Å². The fraction of sp³-hybridized carbons (Fsp3) is 0.133. The summed E-state index contributed by atoms with van der Waals surface area (Å²) in [6.07, 6.45) is 0.873. The minimum atomic E-state index is 0.620. The molecule has 0 aliphatic rings. The van der Waals surface area contributed by atoms with Gasteiger partial charge >= 0.3 is 0 Å². The van der Waals surface area contributed by atoms with E-state index >= 15 is 0 Å². The molecule has 0 amide bonds. The number of benzene rings is 2. The first-order valence-electron chi connectivity index (χ1n) is 5.62. The van der Waals surface area contributed by atoms with E-state index in [1.54, 1.807) is 6.07 Å². The van der Waals surface area contributed by atoms with Crippen molar-refractivity contribution < 1.29 is 9.53 Å². The Morgan fingerprint density at radius 3 is 2.53 bits per heavy atom. The van der Waals surface area contributed by atoms with E-state index in [-0.39, 0.29) is 0 Å². The van der Waals surface area contributed by atoms with Gasteiger partial charge in [0.05, 0.1) is 6.61 Å². The van der Waals surface area contributed by atoms with Gasteiger partial charge in [-0.05, 0) is 36.2 Å². The molecule has 2 heteroatoms. The summed E-state index contributed by atoms with van der Waals surface area (Å²) in [5.41, 5.74) is 2.61. The SMILES string of the molecule is CCOc1ccc(C=O)c(-c2ccccc2)c1. The average Bonchev–Trinajstić information content (AvgIpc) is 2.40. The molecule has 86 valence electrons. The van der Waals surface area contributed by atoms with Crippen LogP contribution in [0.15, 0.2) is 48.5 Å². The molecule has 17 heavy (non-hydrogen) atoms. The standard InChI is InChI=1S/C15H14O2/c1-2-17-14-9-8-13(11-16)15(10-14)12-6-4-3-5-7-12/h3-11H,2H2,1H3. The van der Waals surface area contributed by atoms with Crippen molar-refractivity contribution in [2.24, 2.45) is 0 Å². The first-order valence-corrected chi connectivity index (χ1v) is 5.62. The van der Waals surface area contributed by atoms with Gasteiger partial charge in [-0.3, -0.25) is 4.79 Å². The Hall–Kier alpha value is -2.09. The number of rotatable bonds is 4. The van der Waals surface area contributed by atoms with Crippen LogP contribution < -0.4 is 4.74 Å². The summed E-state index contributed by atoms with van der Waals surface area (Å²) in [5, 5.41) is 0. The van der Waals surface area contributed by atoms with E-state index in [1.165, 1.54) is 0 Å². The second kappa shape index (κ2) is 5.30. The molecule has 2 aromatic rings. The Balaban J connectivity index is 2.50. The first-order chi connectivity index (χ1) is 8.35. The molecular formula is C15H14O2. The van der Waals surface area contributed by atoms with Crippen molar-refractivity contribution in [2.45, 2.75) is 6.92 Å². The highest BCUT2D eigenvalue weighted by molar-refractivity contribution is 5.88. The molecule has 0 atom stereocenters. The molecule has 0 aliphatic heterocycles. The van der Waals surface area contributed by atoms with Crippen LogP contribution in [0.3, 0.4) is 0 Å². The molecule has 0 unspecified atom stereocenters. The lowest BCUT2D eigenvalue weighted by atomic mass is 10.0. The summed E-state index contributed by atoms with van der Waals surface area (Å²) in [6.45, 7) is 2.56. The molecule has 0 radical (unpaired) electrons. The van der Waals surface area contributed by atoms with Crippen LogP contribution in [0.2, 0.25) is 0 Å². The fourth-order valence-corrected chi connectivity index (χ4v) is 1.76. The van der Waals surface area contributed by atoms with Crippen molar-refractivity contribution in [3.05, 3.63) is 54.1 Å². The normalized spacial score (nSPS) is 9.94. The third kappa shape index (κ3) is 2.53. The summed E-state index contributed by atoms with van der Waals surface area (Å²) in [4.78, 5) is 11.0. The van der Waals surface area contributed by atoms with Crippen molar-refractivity contribution in [3.8, 4) is 16.9 Å². The van der Waals surface area contributed by atoms with Gasteiger partial charge in [-0.2, -0.15) is 0 Å². The van der Waals surface area contributed by atoms with Gasteiger partial charge in [0.15, 0.2) is 6.29 Å². The van der Waals surface area contributed by atoms with Gasteiger partial charge in [-0.1, -0.05) is 30.3 Å². The molecule has 0 spiro atoms. The molecule has 0 aliphatic carbocycles. The van der Waals surface area contributed by atoms with Crippen LogP contribution in [0.4, 0.5) is 0 Å². The van der Waals surface area contributed by atoms with Gasteiger partial charge < -0.3 is 4.74 Å². The number of hydrogen-bond acceptors (Lipinski definition) is 2. The maximum atomic E-state index is 11.0. The minimum Gasteiger partial charge on any atom is -0.494 e. The zero-order valence-corrected chi connectivity index (χ0v) is 9.72. The van der Waals surface area contributed by atoms with Crippen molar-refractivity contribution in [1.29, 1.82) is 0 Å². The second-order valence-corrected chi connectivity index (χ2v) is 3.67. The summed E-state index contributed by atoms with van der Waals surface area (Å²) >= 11 is 0. The predicted molar refractivity (Wildman–Crippen MR) is 68.4 cm³/mol. The summed E-state index contributed by atoms with van der Waals surface area (Å²) in [7, 11) is 0. The van der Waals surface area contributed by atoms with Gasteiger partial charge in [0, 0.05) is 5.56 Å². The third-order valence-corrected chi connectivity index (χ3v) is 2.55. The molecule has 0 saturated heterocycles. The van der Waals surface area contributed by atoms with Crippen molar-refractivity contribution >= 4 is 6.29 Å². The van der Waals surface area contributed by atoms with E-state index in [1.807, 2.05) is 49.4 Å². The highest BCUT2D eigenvalue weighted by Gasteiger charge is 2.05. The van der Waals surface area contributed by atoms with Crippen molar-refractivity contribution in [1.82, 2.24) is 0 Å². The maximum absolute atomic E-state index is 11.0. The lowest BCUT2D eigenvalue weighted by Crippen LogP contribution is -1.94. The Morgan fingerprint density at radius 2 is 1.88 bits per heavy atom. The number of carbonyl (C=O) groups excluding carboxylic acids is 1. The van der Waals surface area contributed by atoms with Crippen LogP contribution in [-0.2, 0) is 0 Å². The van der Waals surface area contributed by atoms with E-state index in [0.717, 1.165) is 23.2 Å². The third-order valence-electron chi connectivity index (χ3n) is 2.55. The van der Waals surface area contributed by atoms with E-state index in [9.17, 15) is 4.79 Å². The largest absolute Gasteiger partial charge is 0.494 e. The van der Waals surface area contributed by atoms with Gasteiger partial charge in [-0.25, -0.2) is 0 Å². The monoisotopic (exact) mass is 226 g/mol. The number of hydrogen-bond donors (Lipinski definition) is 0. The van der Waals surface area contributed by atoms with E-state index in [0.29, 0.717) is 12.2 Å². The van der Waals surface area contributed by atoms with E-state index in [4.69, 9.17) is 4.74 Å². The number of aldehydes is 1. The highest BCUT2D eigenvalue weighted by atomic mass is 16.5. The molecule has 0 saturated carbocycles. The Labute approximate surface area is 101 Å². The van der Waals surface area contributed by atoms with Crippen LogP contribution in [0.5, 0.6) is 5.75 Å². The zero-order chi connectivity index (χ0) is 12.1. The summed E-state index contributed by atoms with van der Waals surface area (Å²) < 4.78 is 5.45. The summed E-state index contributed by atoms with van der Waals surface area (Å²) in [5.74, 6) is 0.789. The Bertz CT molecular complexity index is 504. The van der Waals surface area contributed by atoms with Crippen LogP contribution >= 0.6 is 0 Å². The van der Waals surface area contributed by atoms with Gasteiger partial charge in [0.25, 0.3) is 0 Å². The number of ether oxygens (including phenoxy) is 1. The van der Waals surface area contributed by atoms with Gasteiger partial charge in [0.1, 0.15) is 5.75 Å². The smallest absolute Gasteiger partial charge is 0.150 e. The average molecular weight is 226 g/mol. The van der Waals surface area contributed by atoms with Crippen molar-refractivity contribution in [2.75, 3.05) is 6.61 Å². The molecule has 0 aromatic heterocycles. The lowest BCUT2D eigenvalue weighted by Gasteiger charge is -2.08. The van der Waals surface area contributed by atoms with Crippen LogP contribution in [-0.4, -0.2) is 12.9 Å². The topological polar surface area (TPSA) is 26.3 Å². The predicted octanol–water partition coefficient (Wildman–Crippen LogP) is 3.56. The van der Waals surface area contributed by atoms with E-state index in [2.05, 4.69) is 0 Å². The lowest BCUT2D eigenvalue weighted by molar-refractivity contribution is 0.112. The Kier molecular flexibility index (Phi) is 3.55. The molecule has 2 nitrogen and oxygen atoms in total. The molecule has 0 N–H and O–H groups in total.